The van der Waals surface area contributed by atoms with Gasteiger partial charge in [0.2, 0.25) is 0 Å². The van der Waals surface area contributed by atoms with Gasteiger partial charge in [-0.1, -0.05) is 12.1 Å². The fourth-order valence-electron chi connectivity index (χ4n) is 1.25. The van der Waals surface area contributed by atoms with Gasteiger partial charge in [0.25, 0.3) is 0 Å². The molecule has 0 unspecified atom stereocenters. The van der Waals surface area contributed by atoms with Crippen molar-refractivity contribution in [3.63, 3.8) is 0 Å². The minimum absolute atomic E-state index is 0.178. The van der Waals surface area contributed by atoms with Crippen molar-refractivity contribution in [1.82, 2.24) is 0 Å². The van der Waals surface area contributed by atoms with E-state index in [4.69, 9.17) is 5.26 Å². The van der Waals surface area contributed by atoms with E-state index >= 15 is 0 Å². The zero-order chi connectivity index (χ0) is 12.1. The number of hydrogen-bond acceptors (Lipinski definition) is 3. The normalized spacial score (nSPS) is 10.8. The summed E-state index contributed by atoms with van der Waals surface area (Å²) in [6.45, 7) is 1.39. The maximum Gasteiger partial charge on any atom is 0.170 e. The number of nitrogens with zero attached hydrogens (tertiary/aromatic N) is 2. The van der Waals surface area contributed by atoms with Crippen molar-refractivity contribution < 1.29 is 4.79 Å². The quantitative estimate of drug-likeness (QED) is 0.572. The first-order valence-corrected chi connectivity index (χ1v) is 4.94. The molecule has 0 heterocycles. The van der Waals surface area contributed by atoms with Gasteiger partial charge < -0.3 is 4.90 Å². The van der Waals surface area contributed by atoms with E-state index in [1.807, 2.05) is 49.3 Å². The maximum atomic E-state index is 11.1. The van der Waals surface area contributed by atoms with Gasteiger partial charge >= 0.3 is 0 Å². The van der Waals surface area contributed by atoms with Crippen LogP contribution >= 0.6 is 0 Å². The van der Waals surface area contributed by atoms with Crippen LogP contribution in [0.2, 0.25) is 0 Å². The fraction of sp³-hybridized carbons (Fsp3) is 0.231. The van der Waals surface area contributed by atoms with Gasteiger partial charge in [-0.25, -0.2) is 0 Å². The largest absolute Gasteiger partial charge is 0.378 e. The first kappa shape index (κ1) is 12.0. The van der Waals surface area contributed by atoms with Crippen molar-refractivity contribution in [2.45, 2.75) is 6.92 Å². The second kappa shape index (κ2) is 5.13. The molecule has 0 fully saturated rings. The second-order valence-electron chi connectivity index (χ2n) is 3.71. The summed E-state index contributed by atoms with van der Waals surface area (Å²) in [6.07, 6.45) is 1.60. The van der Waals surface area contributed by atoms with E-state index in [1.165, 1.54) is 6.92 Å². The lowest BCUT2D eigenvalue weighted by atomic mass is 10.1. The zero-order valence-corrected chi connectivity index (χ0v) is 9.69. The van der Waals surface area contributed by atoms with E-state index in [0.29, 0.717) is 0 Å². The van der Waals surface area contributed by atoms with E-state index in [0.717, 1.165) is 11.3 Å². The van der Waals surface area contributed by atoms with Crippen LogP contribution in [0.4, 0.5) is 5.69 Å². The van der Waals surface area contributed by atoms with Gasteiger partial charge in [0.15, 0.2) is 5.78 Å². The monoisotopic (exact) mass is 214 g/mol. The maximum absolute atomic E-state index is 11.1. The Balaban J connectivity index is 3.00. The number of benzene rings is 1. The average Bonchev–Trinajstić information content (AvgIpc) is 2.26. The van der Waals surface area contributed by atoms with Gasteiger partial charge in [-0.2, -0.15) is 5.26 Å². The van der Waals surface area contributed by atoms with Crippen LogP contribution in [-0.2, 0) is 4.79 Å². The first-order chi connectivity index (χ1) is 7.54. The molecule has 1 rings (SSSR count). The van der Waals surface area contributed by atoms with Crippen molar-refractivity contribution in [3.05, 3.63) is 35.4 Å². The number of rotatable bonds is 3. The third kappa shape index (κ3) is 2.96. The van der Waals surface area contributed by atoms with Crippen molar-refractivity contribution in [1.29, 1.82) is 5.26 Å². The molecule has 0 aliphatic rings. The van der Waals surface area contributed by atoms with Crippen LogP contribution in [-0.4, -0.2) is 19.9 Å². The van der Waals surface area contributed by atoms with Crippen molar-refractivity contribution >= 4 is 17.5 Å². The van der Waals surface area contributed by atoms with E-state index in [2.05, 4.69) is 0 Å². The van der Waals surface area contributed by atoms with Crippen LogP contribution in [0.25, 0.3) is 6.08 Å². The van der Waals surface area contributed by atoms with Crippen LogP contribution < -0.4 is 4.90 Å². The highest BCUT2D eigenvalue weighted by atomic mass is 16.1. The van der Waals surface area contributed by atoms with Gasteiger partial charge in [0.1, 0.15) is 6.07 Å². The molecule has 0 N–H and O–H groups in total. The molecule has 0 saturated heterocycles. The Labute approximate surface area is 95.6 Å². The van der Waals surface area contributed by atoms with E-state index < -0.39 is 0 Å². The van der Waals surface area contributed by atoms with Crippen LogP contribution in [0, 0.1) is 11.3 Å². The van der Waals surface area contributed by atoms with Crippen LogP contribution in [0.5, 0.6) is 0 Å². The Kier molecular flexibility index (Phi) is 3.84. The van der Waals surface area contributed by atoms with Gasteiger partial charge in [-0.15, -0.1) is 0 Å². The van der Waals surface area contributed by atoms with E-state index in [1.54, 1.807) is 6.08 Å². The summed E-state index contributed by atoms with van der Waals surface area (Å²) in [5.41, 5.74) is 2.12. The predicted molar refractivity (Wildman–Crippen MR) is 65.0 cm³/mol. The summed E-state index contributed by atoms with van der Waals surface area (Å²) in [5.74, 6) is -0.209. The van der Waals surface area contributed by atoms with Crippen molar-refractivity contribution in [2.75, 3.05) is 19.0 Å². The summed E-state index contributed by atoms with van der Waals surface area (Å²) in [5, 5.41) is 8.75. The smallest absolute Gasteiger partial charge is 0.170 e. The third-order valence-electron chi connectivity index (χ3n) is 2.22. The van der Waals surface area contributed by atoms with Crippen LogP contribution in [0.15, 0.2) is 29.8 Å². The Morgan fingerprint density at radius 2 is 1.88 bits per heavy atom. The molecule has 3 nitrogen and oxygen atoms in total. The van der Waals surface area contributed by atoms with Gasteiger partial charge in [-0.05, 0) is 30.7 Å². The highest BCUT2D eigenvalue weighted by Crippen LogP contribution is 2.14. The van der Waals surface area contributed by atoms with E-state index in [9.17, 15) is 4.79 Å². The van der Waals surface area contributed by atoms with Crippen molar-refractivity contribution in [2.24, 2.45) is 0 Å². The minimum atomic E-state index is -0.209. The topological polar surface area (TPSA) is 44.1 Å². The molecule has 0 aliphatic heterocycles. The standard InChI is InChI=1S/C13H14N2O/c1-10(16)12(9-14)8-11-4-6-13(7-5-11)15(2)3/h4-8H,1-3H3. The molecule has 16 heavy (non-hydrogen) atoms. The number of hydrogen-bond donors (Lipinski definition) is 0. The summed E-state index contributed by atoms with van der Waals surface area (Å²) in [4.78, 5) is 13.0. The number of allylic oxidation sites excluding steroid dienone is 1. The summed E-state index contributed by atoms with van der Waals surface area (Å²) < 4.78 is 0. The number of nitriles is 1. The van der Waals surface area contributed by atoms with E-state index in [-0.39, 0.29) is 11.4 Å². The Bertz CT molecular complexity index is 450. The Morgan fingerprint density at radius 3 is 2.25 bits per heavy atom. The fourth-order valence-corrected chi connectivity index (χ4v) is 1.25. The number of carbonyl (C=O) groups excluding carboxylic acids is 1. The molecule has 0 aliphatic carbocycles. The molecule has 0 saturated carbocycles. The number of anilines is 1. The Morgan fingerprint density at radius 1 is 1.31 bits per heavy atom. The third-order valence-corrected chi connectivity index (χ3v) is 2.22. The molecule has 0 amide bonds. The van der Waals surface area contributed by atoms with Crippen LogP contribution in [0.3, 0.4) is 0 Å². The highest BCUT2D eigenvalue weighted by Gasteiger charge is 2.02. The van der Waals surface area contributed by atoms with Gasteiger partial charge in [0, 0.05) is 19.8 Å². The number of ketones is 1. The van der Waals surface area contributed by atoms with Crippen molar-refractivity contribution in [3.8, 4) is 6.07 Å². The summed E-state index contributed by atoms with van der Waals surface area (Å²) >= 11 is 0. The zero-order valence-electron chi connectivity index (χ0n) is 9.69. The second-order valence-corrected chi connectivity index (χ2v) is 3.71. The van der Waals surface area contributed by atoms with Gasteiger partial charge in [0.05, 0.1) is 5.57 Å². The lowest BCUT2D eigenvalue weighted by Crippen LogP contribution is -2.07. The number of Topliss-reactive ketones (excluding diaryl/α,β-unsaturated/α-hetero) is 1. The molecular formula is C13H14N2O. The predicted octanol–water partition coefficient (Wildman–Crippen LogP) is 2.25. The average molecular weight is 214 g/mol. The molecule has 0 bridgehead atoms. The van der Waals surface area contributed by atoms with Crippen LogP contribution in [0.1, 0.15) is 12.5 Å². The Hall–Kier alpha value is -2.08. The summed E-state index contributed by atoms with van der Waals surface area (Å²) in [7, 11) is 3.92. The molecule has 0 atom stereocenters. The SMILES string of the molecule is CC(=O)C(C#N)=Cc1ccc(N(C)C)cc1. The minimum Gasteiger partial charge on any atom is -0.378 e. The molecule has 1 aromatic rings. The lowest BCUT2D eigenvalue weighted by molar-refractivity contribution is -0.113. The molecule has 1 aromatic carbocycles. The molecule has 82 valence electrons. The molecule has 0 aromatic heterocycles. The summed E-state index contributed by atoms with van der Waals surface area (Å²) in [6, 6.07) is 9.55. The molecular weight excluding hydrogens is 200 g/mol. The molecule has 0 spiro atoms. The molecule has 0 radical (unpaired) electrons. The van der Waals surface area contributed by atoms with Gasteiger partial charge in [-0.3, -0.25) is 4.79 Å². The molecule has 3 heteroatoms. The highest BCUT2D eigenvalue weighted by molar-refractivity contribution is 6.01. The lowest BCUT2D eigenvalue weighted by Gasteiger charge is -2.11. The number of carbonyl (C=O) groups is 1. The first-order valence-electron chi connectivity index (χ1n) is 4.94.